The minimum absolute atomic E-state index is 0.231. The van der Waals surface area contributed by atoms with E-state index in [1.807, 2.05) is 11.2 Å². The van der Waals surface area contributed by atoms with Gasteiger partial charge in [-0.15, -0.1) is 0 Å². The van der Waals surface area contributed by atoms with Gasteiger partial charge in [-0.3, -0.25) is 9.89 Å². The first-order valence-electron chi connectivity index (χ1n) is 4.81. The first kappa shape index (κ1) is 12.0. The van der Waals surface area contributed by atoms with Crippen LogP contribution in [0.5, 0.6) is 0 Å². The molecule has 2 rings (SSSR count). The van der Waals surface area contributed by atoms with E-state index in [1.165, 1.54) is 24.3 Å². The van der Waals surface area contributed by atoms with Crippen LogP contribution in [0.25, 0.3) is 5.69 Å². The molecule has 0 saturated carbocycles. The number of nitrogens with one attached hydrogen (secondary N) is 1. The number of nitrogens with zero attached hydrogens (tertiary/aromatic N) is 2. The summed E-state index contributed by atoms with van der Waals surface area (Å²) in [6.45, 7) is 0. The Morgan fingerprint density at radius 2 is 1.83 bits per heavy atom. The molecule has 0 radical (unpaired) electrons. The number of hydrogen-bond donors (Lipinski definition) is 1. The Morgan fingerprint density at radius 3 is 2.28 bits per heavy atom. The maximum atomic E-state index is 12.4. The number of H-pyrrole nitrogens is 1. The molecule has 1 heterocycles. The van der Waals surface area contributed by atoms with E-state index < -0.39 is 17.4 Å². The predicted molar refractivity (Wildman–Crippen MR) is 56.1 cm³/mol. The first-order valence-corrected chi connectivity index (χ1v) is 4.81. The second-order valence-electron chi connectivity index (χ2n) is 3.50. The van der Waals surface area contributed by atoms with Crippen LogP contribution in [-0.2, 0) is 6.18 Å². The lowest BCUT2D eigenvalue weighted by Crippen LogP contribution is -2.13. The minimum Gasteiger partial charge on any atom is -0.286 e. The first-order chi connectivity index (χ1) is 8.41. The molecule has 18 heavy (non-hydrogen) atoms. The largest absolute Gasteiger partial charge is 0.432 e. The van der Waals surface area contributed by atoms with Gasteiger partial charge in [-0.05, 0) is 24.3 Å². The van der Waals surface area contributed by atoms with Gasteiger partial charge in [0, 0.05) is 6.07 Å². The third-order valence-electron chi connectivity index (χ3n) is 2.28. The summed E-state index contributed by atoms with van der Waals surface area (Å²) < 4.78 is 37.9. The Hall–Kier alpha value is -2.49. The molecule has 0 fully saturated rings. The Balaban J connectivity index is 2.48. The molecule has 1 aromatic heterocycles. The Kier molecular flexibility index (Phi) is 2.71. The molecule has 0 aliphatic rings. The van der Waals surface area contributed by atoms with E-state index in [0.29, 0.717) is 11.6 Å². The molecule has 1 N–H and O–H groups in total. The molecular formula is C11H6F3N3O. The zero-order valence-corrected chi connectivity index (χ0v) is 8.82. The molecule has 1 aromatic carbocycles. The fourth-order valence-corrected chi connectivity index (χ4v) is 1.42. The highest BCUT2D eigenvalue weighted by Gasteiger charge is 2.33. The number of benzene rings is 1. The van der Waals surface area contributed by atoms with E-state index in [-0.39, 0.29) is 5.69 Å². The standard InChI is InChI=1S/C11H6F3N3O/c12-11(13,14)9-5-10(18)17(16-9)8-3-1-7(6-15)2-4-8/h1-5,16H. The summed E-state index contributed by atoms with van der Waals surface area (Å²) in [5.41, 5.74) is -1.34. The second kappa shape index (κ2) is 4.07. The molecule has 0 saturated heterocycles. The van der Waals surface area contributed by atoms with Crippen molar-refractivity contribution in [1.29, 1.82) is 5.26 Å². The molecular weight excluding hydrogens is 247 g/mol. The van der Waals surface area contributed by atoms with Crippen molar-refractivity contribution in [2.75, 3.05) is 0 Å². The molecule has 0 aliphatic carbocycles. The van der Waals surface area contributed by atoms with Gasteiger partial charge in [0.25, 0.3) is 5.56 Å². The highest BCUT2D eigenvalue weighted by atomic mass is 19.4. The van der Waals surface area contributed by atoms with Crippen molar-refractivity contribution in [3.05, 3.63) is 51.9 Å². The molecule has 0 atom stereocenters. The number of nitriles is 1. The summed E-state index contributed by atoms with van der Waals surface area (Å²) in [5.74, 6) is 0. The minimum atomic E-state index is -4.60. The van der Waals surface area contributed by atoms with Gasteiger partial charge < -0.3 is 0 Å². The average molecular weight is 253 g/mol. The highest BCUT2D eigenvalue weighted by molar-refractivity contribution is 5.38. The monoisotopic (exact) mass is 253 g/mol. The van der Waals surface area contributed by atoms with E-state index in [0.717, 1.165) is 4.68 Å². The van der Waals surface area contributed by atoms with Gasteiger partial charge in [0.15, 0.2) is 0 Å². The molecule has 4 nitrogen and oxygen atoms in total. The topological polar surface area (TPSA) is 61.6 Å². The average Bonchev–Trinajstić information content (AvgIpc) is 2.71. The predicted octanol–water partition coefficient (Wildman–Crippen LogP) is 2.06. The number of rotatable bonds is 1. The molecule has 7 heteroatoms. The van der Waals surface area contributed by atoms with Gasteiger partial charge in [0.2, 0.25) is 0 Å². The molecule has 0 aliphatic heterocycles. The third kappa shape index (κ3) is 2.13. The Bertz CT molecular complexity index is 659. The van der Waals surface area contributed by atoms with Crippen molar-refractivity contribution in [3.8, 4) is 11.8 Å². The van der Waals surface area contributed by atoms with E-state index in [2.05, 4.69) is 0 Å². The Morgan fingerprint density at radius 1 is 1.22 bits per heavy atom. The van der Waals surface area contributed by atoms with Crippen molar-refractivity contribution in [2.45, 2.75) is 6.18 Å². The quantitative estimate of drug-likeness (QED) is 0.845. The molecule has 2 aromatic rings. The number of aromatic nitrogens is 2. The van der Waals surface area contributed by atoms with Crippen LogP contribution in [0.15, 0.2) is 35.1 Å². The summed E-state index contributed by atoms with van der Waals surface area (Å²) in [5, 5.41) is 10.6. The van der Waals surface area contributed by atoms with E-state index in [4.69, 9.17) is 5.26 Å². The second-order valence-corrected chi connectivity index (χ2v) is 3.50. The van der Waals surface area contributed by atoms with Gasteiger partial charge in [0.05, 0.1) is 17.3 Å². The van der Waals surface area contributed by atoms with Crippen LogP contribution >= 0.6 is 0 Å². The highest BCUT2D eigenvalue weighted by Crippen LogP contribution is 2.26. The maximum Gasteiger partial charge on any atom is 0.432 e. The van der Waals surface area contributed by atoms with Crippen LogP contribution in [-0.4, -0.2) is 9.78 Å². The molecule has 0 spiro atoms. The fourth-order valence-electron chi connectivity index (χ4n) is 1.42. The molecule has 0 amide bonds. The fraction of sp³-hybridized carbons (Fsp3) is 0.0909. The van der Waals surface area contributed by atoms with Crippen LogP contribution in [0.1, 0.15) is 11.3 Å². The molecule has 92 valence electrons. The van der Waals surface area contributed by atoms with E-state index >= 15 is 0 Å². The van der Waals surface area contributed by atoms with Gasteiger partial charge in [0.1, 0.15) is 5.69 Å². The van der Waals surface area contributed by atoms with Crippen LogP contribution in [0.3, 0.4) is 0 Å². The zero-order chi connectivity index (χ0) is 13.3. The van der Waals surface area contributed by atoms with Crippen molar-refractivity contribution < 1.29 is 13.2 Å². The van der Waals surface area contributed by atoms with Crippen molar-refractivity contribution in [1.82, 2.24) is 9.78 Å². The molecule has 0 bridgehead atoms. The number of alkyl halides is 3. The smallest absolute Gasteiger partial charge is 0.286 e. The van der Waals surface area contributed by atoms with Gasteiger partial charge >= 0.3 is 6.18 Å². The normalized spacial score (nSPS) is 11.2. The van der Waals surface area contributed by atoms with Crippen molar-refractivity contribution in [2.24, 2.45) is 0 Å². The zero-order valence-electron chi connectivity index (χ0n) is 8.82. The summed E-state index contributed by atoms with van der Waals surface area (Å²) in [6.07, 6.45) is -4.60. The summed E-state index contributed by atoms with van der Waals surface area (Å²) in [7, 11) is 0. The number of hydrogen-bond acceptors (Lipinski definition) is 2. The SMILES string of the molecule is N#Cc1ccc(-n2[nH]c(C(F)(F)F)cc2=O)cc1. The number of aromatic amines is 1. The van der Waals surface area contributed by atoms with Crippen molar-refractivity contribution >= 4 is 0 Å². The lowest BCUT2D eigenvalue weighted by atomic mass is 10.2. The summed E-state index contributed by atoms with van der Waals surface area (Å²) in [4.78, 5) is 11.4. The van der Waals surface area contributed by atoms with E-state index in [9.17, 15) is 18.0 Å². The van der Waals surface area contributed by atoms with Crippen LogP contribution in [0.4, 0.5) is 13.2 Å². The summed E-state index contributed by atoms with van der Waals surface area (Å²) in [6, 6.07) is 7.95. The van der Waals surface area contributed by atoms with Gasteiger partial charge in [-0.1, -0.05) is 0 Å². The maximum absolute atomic E-state index is 12.4. The third-order valence-corrected chi connectivity index (χ3v) is 2.28. The Labute approximate surface area is 98.9 Å². The van der Waals surface area contributed by atoms with Crippen LogP contribution < -0.4 is 5.56 Å². The lowest BCUT2D eigenvalue weighted by Gasteiger charge is -2.04. The van der Waals surface area contributed by atoms with Gasteiger partial charge in [-0.25, -0.2) is 4.68 Å². The molecule has 0 unspecified atom stereocenters. The van der Waals surface area contributed by atoms with E-state index in [1.54, 1.807) is 0 Å². The van der Waals surface area contributed by atoms with Gasteiger partial charge in [-0.2, -0.15) is 18.4 Å². The van der Waals surface area contributed by atoms with Crippen molar-refractivity contribution in [3.63, 3.8) is 0 Å². The summed E-state index contributed by atoms with van der Waals surface area (Å²) >= 11 is 0. The number of halogens is 3. The van der Waals surface area contributed by atoms with Crippen LogP contribution in [0.2, 0.25) is 0 Å². The van der Waals surface area contributed by atoms with Crippen LogP contribution in [0, 0.1) is 11.3 Å². The lowest BCUT2D eigenvalue weighted by molar-refractivity contribution is -0.141.